The first-order valence-electron chi connectivity index (χ1n) is 5.57. The van der Waals surface area contributed by atoms with Crippen molar-refractivity contribution in [2.45, 2.75) is 46.6 Å². The van der Waals surface area contributed by atoms with E-state index in [1.165, 1.54) is 6.08 Å². The van der Waals surface area contributed by atoms with Gasteiger partial charge in [-0.25, -0.2) is 9.68 Å². The Morgan fingerprint density at radius 1 is 1.29 bits per heavy atom. The van der Waals surface area contributed by atoms with Crippen LogP contribution in [0.2, 0.25) is 0 Å². The van der Waals surface area contributed by atoms with Crippen molar-refractivity contribution in [2.24, 2.45) is 5.41 Å². The van der Waals surface area contributed by atoms with Gasteiger partial charge in [0.05, 0.1) is 0 Å². The van der Waals surface area contributed by atoms with E-state index in [2.05, 4.69) is 21.2 Å². The molecule has 5 nitrogen and oxygen atoms in total. The van der Waals surface area contributed by atoms with E-state index in [1.54, 1.807) is 0 Å². The van der Waals surface area contributed by atoms with Crippen molar-refractivity contribution in [3.8, 4) is 0 Å². The van der Waals surface area contributed by atoms with Gasteiger partial charge in [-0.3, -0.25) is 0 Å². The summed E-state index contributed by atoms with van der Waals surface area (Å²) in [6, 6.07) is 0. The second-order valence-electron chi connectivity index (χ2n) is 4.83. The molecular formula is C12H22O5. The minimum atomic E-state index is -0.963. The molecule has 0 aliphatic rings. The zero-order chi connectivity index (χ0) is 13.5. The van der Waals surface area contributed by atoms with Crippen molar-refractivity contribution in [1.82, 2.24) is 0 Å². The van der Waals surface area contributed by atoms with Crippen LogP contribution in [0.4, 0.5) is 4.79 Å². The Balaban J connectivity index is 4.03. The highest BCUT2D eigenvalue weighted by Gasteiger charge is 2.38. The zero-order valence-electron chi connectivity index (χ0n) is 11.2. The first kappa shape index (κ1) is 15.9. The Hall–Kier alpha value is -1.07. The van der Waals surface area contributed by atoms with Crippen LogP contribution in [0.15, 0.2) is 12.7 Å². The minimum Gasteiger partial charge on any atom is -0.428 e. The fourth-order valence-corrected chi connectivity index (χ4v) is 0.819. The molecule has 0 radical (unpaired) electrons. The van der Waals surface area contributed by atoms with Crippen molar-refractivity contribution in [2.75, 3.05) is 6.61 Å². The summed E-state index contributed by atoms with van der Waals surface area (Å²) < 4.78 is 4.53. The first-order chi connectivity index (χ1) is 7.77. The molecule has 0 aromatic carbocycles. The standard InChI is InChI=1S/C12H22O5/c1-7-9-14-10(13)15-17-16-12(5,6)11(3,4)8-2/h7H,1,8-9H2,2-6H3. The third kappa shape index (κ3) is 5.19. The molecule has 0 aliphatic heterocycles. The highest BCUT2D eigenvalue weighted by atomic mass is 17.5. The molecule has 17 heavy (non-hydrogen) atoms. The van der Waals surface area contributed by atoms with E-state index >= 15 is 0 Å². The molecule has 0 aromatic heterocycles. The molecule has 0 bridgehead atoms. The third-order valence-corrected chi connectivity index (χ3v) is 3.18. The van der Waals surface area contributed by atoms with E-state index in [1.807, 2.05) is 34.6 Å². The van der Waals surface area contributed by atoms with E-state index in [0.717, 1.165) is 6.42 Å². The van der Waals surface area contributed by atoms with Crippen LogP contribution < -0.4 is 0 Å². The lowest BCUT2D eigenvalue weighted by Crippen LogP contribution is -2.41. The zero-order valence-corrected chi connectivity index (χ0v) is 11.2. The number of rotatable bonds is 7. The van der Waals surface area contributed by atoms with E-state index < -0.39 is 11.8 Å². The summed E-state index contributed by atoms with van der Waals surface area (Å²) in [6.45, 7) is 13.3. The average Bonchev–Trinajstić information content (AvgIpc) is 2.25. The van der Waals surface area contributed by atoms with Gasteiger partial charge in [-0.15, -0.1) is 0 Å². The minimum absolute atomic E-state index is 0.0615. The number of carbonyl (C=O) groups excluding carboxylic acids is 1. The van der Waals surface area contributed by atoms with Gasteiger partial charge in [0.1, 0.15) is 12.2 Å². The lowest BCUT2D eigenvalue weighted by Gasteiger charge is -2.38. The normalized spacial score (nSPS) is 12.1. The molecule has 0 unspecified atom stereocenters. The maximum Gasteiger partial charge on any atom is 0.542 e. The summed E-state index contributed by atoms with van der Waals surface area (Å²) in [5.74, 6) is 0. The quantitative estimate of drug-likeness (QED) is 0.298. The molecule has 100 valence electrons. The predicted molar refractivity (Wildman–Crippen MR) is 63.0 cm³/mol. The fraction of sp³-hybridized carbons (Fsp3) is 0.750. The molecule has 0 fully saturated rings. The lowest BCUT2D eigenvalue weighted by atomic mass is 9.75. The third-order valence-electron chi connectivity index (χ3n) is 3.18. The summed E-state index contributed by atoms with van der Waals surface area (Å²) in [5, 5.41) is 4.44. The largest absolute Gasteiger partial charge is 0.542 e. The Bertz CT molecular complexity index is 258. The Labute approximate surface area is 103 Å². The molecule has 0 atom stereocenters. The topological polar surface area (TPSA) is 54.0 Å². The van der Waals surface area contributed by atoms with Gasteiger partial charge in [0.15, 0.2) is 0 Å². The number of ether oxygens (including phenoxy) is 1. The smallest absolute Gasteiger partial charge is 0.428 e. The predicted octanol–water partition coefficient (Wildman–Crippen LogP) is 3.40. The summed E-state index contributed by atoms with van der Waals surface area (Å²) >= 11 is 0. The molecule has 0 N–H and O–H groups in total. The maximum atomic E-state index is 10.9. The van der Waals surface area contributed by atoms with Crippen molar-refractivity contribution < 1.29 is 24.3 Å². The van der Waals surface area contributed by atoms with Gasteiger partial charge in [0, 0.05) is 0 Å². The van der Waals surface area contributed by atoms with Gasteiger partial charge >= 0.3 is 6.16 Å². The van der Waals surface area contributed by atoms with E-state index in [4.69, 9.17) is 4.89 Å². The van der Waals surface area contributed by atoms with E-state index in [0.29, 0.717) is 0 Å². The van der Waals surface area contributed by atoms with Crippen molar-refractivity contribution >= 4 is 6.16 Å². The van der Waals surface area contributed by atoms with Gasteiger partial charge in [0.25, 0.3) is 0 Å². The van der Waals surface area contributed by atoms with Crippen LogP contribution in [0, 0.1) is 5.41 Å². The average molecular weight is 246 g/mol. The van der Waals surface area contributed by atoms with Gasteiger partial charge in [-0.05, 0) is 30.7 Å². The lowest BCUT2D eigenvalue weighted by molar-refractivity contribution is -0.526. The van der Waals surface area contributed by atoms with E-state index in [-0.39, 0.29) is 12.0 Å². The highest BCUT2D eigenvalue weighted by molar-refractivity contribution is 5.59. The molecule has 0 aromatic rings. The number of carbonyl (C=O) groups is 1. The van der Waals surface area contributed by atoms with Gasteiger partial charge in [0.2, 0.25) is 0 Å². The fourth-order valence-electron chi connectivity index (χ4n) is 0.819. The van der Waals surface area contributed by atoms with Crippen LogP contribution >= 0.6 is 0 Å². The molecular weight excluding hydrogens is 224 g/mol. The molecule has 0 aliphatic carbocycles. The summed E-state index contributed by atoms with van der Waals surface area (Å²) in [4.78, 5) is 20.3. The Kier molecular flexibility index (Phi) is 6.20. The van der Waals surface area contributed by atoms with E-state index in [9.17, 15) is 4.79 Å². The summed E-state index contributed by atoms with van der Waals surface area (Å²) in [5.41, 5.74) is -0.720. The molecule has 0 saturated carbocycles. The molecule has 0 heterocycles. The maximum absolute atomic E-state index is 10.9. The number of hydrogen-bond acceptors (Lipinski definition) is 5. The molecule has 0 amide bonds. The Morgan fingerprint density at radius 3 is 2.35 bits per heavy atom. The van der Waals surface area contributed by atoms with Crippen LogP contribution in [0.1, 0.15) is 41.0 Å². The van der Waals surface area contributed by atoms with Crippen LogP contribution in [0.5, 0.6) is 0 Å². The number of hydrogen-bond donors (Lipinski definition) is 0. The Morgan fingerprint density at radius 2 is 1.88 bits per heavy atom. The van der Waals surface area contributed by atoms with Crippen LogP contribution in [0.3, 0.4) is 0 Å². The first-order valence-corrected chi connectivity index (χ1v) is 5.57. The molecule has 0 rings (SSSR count). The monoisotopic (exact) mass is 246 g/mol. The molecule has 0 saturated heterocycles. The second kappa shape index (κ2) is 6.61. The summed E-state index contributed by atoms with van der Waals surface area (Å²) in [7, 11) is 0. The van der Waals surface area contributed by atoms with Gasteiger partial charge in [-0.1, -0.05) is 33.4 Å². The highest BCUT2D eigenvalue weighted by Crippen LogP contribution is 2.36. The molecule has 0 spiro atoms. The second-order valence-corrected chi connectivity index (χ2v) is 4.83. The van der Waals surface area contributed by atoms with Crippen molar-refractivity contribution in [3.63, 3.8) is 0 Å². The van der Waals surface area contributed by atoms with Crippen molar-refractivity contribution in [1.29, 1.82) is 0 Å². The van der Waals surface area contributed by atoms with Crippen LogP contribution in [-0.4, -0.2) is 18.4 Å². The molecule has 5 heteroatoms. The SMILES string of the molecule is C=CCOC(=O)OOOC(C)(C)C(C)(C)CC. The van der Waals surface area contributed by atoms with Gasteiger partial charge in [-0.2, -0.15) is 4.89 Å². The van der Waals surface area contributed by atoms with Gasteiger partial charge < -0.3 is 4.74 Å². The van der Waals surface area contributed by atoms with Crippen molar-refractivity contribution in [3.05, 3.63) is 12.7 Å². The van der Waals surface area contributed by atoms with Crippen LogP contribution in [0.25, 0.3) is 0 Å². The summed E-state index contributed by atoms with van der Waals surface area (Å²) in [6.07, 6.45) is 1.35. The van der Waals surface area contributed by atoms with Crippen LogP contribution in [-0.2, 0) is 19.6 Å².